The molecule has 1 rings (SSSR count). The van der Waals surface area contributed by atoms with Crippen molar-refractivity contribution in [2.24, 2.45) is 5.73 Å². The Morgan fingerprint density at radius 2 is 1.90 bits per heavy atom. The van der Waals surface area contributed by atoms with E-state index in [9.17, 15) is 13.2 Å². The lowest BCUT2D eigenvalue weighted by Gasteiger charge is -2.41. The zero-order valence-corrected chi connectivity index (χ0v) is 12.2. The van der Waals surface area contributed by atoms with Gasteiger partial charge in [-0.1, -0.05) is 19.1 Å². The quantitative estimate of drug-likeness (QED) is 0.904. The standard InChI is InChI=1S/C14H21F3N2O/c1-5-13(2,19(3)4)12(18)10-7-6-8-11(9-10)20-14(15,16)17/h6-9,12H,5,18H2,1-4H3. The second kappa shape index (κ2) is 6.01. The summed E-state index contributed by atoms with van der Waals surface area (Å²) < 4.78 is 40.7. The first-order chi connectivity index (χ1) is 9.10. The largest absolute Gasteiger partial charge is 0.573 e. The molecule has 2 unspecified atom stereocenters. The van der Waals surface area contributed by atoms with Crippen LogP contribution in [0.3, 0.4) is 0 Å². The predicted molar refractivity (Wildman–Crippen MR) is 72.4 cm³/mol. The van der Waals surface area contributed by atoms with Gasteiger partial charge in [0.1, 0.15) is 5.75 Å². The van der Waals surface area contributed by atoms with Crippen molar-refractivity contribution in [3.05, 3.63) is 29.8 Å². The van der Waals surface area contributed by atoms with Crippen molar-refractivity contribution in [2.75, 3.05) is 14.1 Å². The fraction of sp³-hybridized carbons (Fsp3) is 0.571. The molecule has 0 aromatic heterocycles. The van der Waals surface area contributed by atoms with Crippen LogP contribution in [0.4, 0.5) is 13.2 Å². The first-order valence-electron chi connectivity index (χ1n) is 6.39. The van der Waals surface area contributed by atoms with Gasteiger partial charge in [0.15, 0.2) is 0 Å². The highest BCUT2D eigenvalue weighted by molar-refractivity contribution is 5.32. The molecule has 1 aromatic carbocycles. The minimum absolute atomic E-state index is 0.248. The molecule has 0 saturated carbocycles. The summed E-state index contributed by atoms with van der Waals surface area (Å²) in [7, 11) is 3.80. The molecule has 6 heteroatoms. The Labute approximate surface area is 117 Å². The van der Waals surface area contributed by atoms with Gasteiger partial charge >= 0.3 is 6.36 Å². The molecule has 2 atom stereocenters. The number of rotatable bonds is 5. The Morgan fingerprint density at radius 1 is 1.30 bits per heavy atom. The third kappa shape index (κ3) is 3.86. The number of nitrogens with two attached hydrogens (primary N) is 1. The molecular weight excluding hydrogens is 269 g/mol. The molecule has 0 radical (unpaired) electrons. The van der Waals surface area contributed by atoms with Crippen molar-refractivity contribution in [3.63, 3.8) is 0 Å². The Bertz CT molecular complexity index is 448. The fourth-order valence-electron chi connectivity index (χ4n) is 2.08. The number of nitrogens with zero attached hydrogens (tertiary/aromatic N) is 1. The molecule has 1 aromatic rings. The average molecular weight is 290 g/mol. The maximum absolute atomic E-state index is 12.2. The molecule has 3 nitrogen and oxygen atoms in total. The first kappa shape index (κ1) is 16.8. The van der Waals surface area contributed by atoms with Crippen molar-refractivity contribution in [3.8, 4) is 5.75 Å². The lowest BCUT2D eigenvalue weighted by molar-refractivity contribution is -0.274. The van der Waals surface area contributed by atoms with Crippen LogP contribution >= 0.6 is 0 Å². The van der Waals surface area contributed by atoms with Gasteiger partial charge in [-0.25, -0.2) is 0 Å². The fourth-order valence-corrected chi connectivity index (χ4v) is 2.08. The SMILES string of the molecule is CCC(C)(C(N)c1cccc(OC(F)(F)F)c1)N(C)C. The molecule has 0 heterocycles. The van der Waals surface area contributed by atoms with Crippen LogP contribution in [0.15, 0.2) is 24.3 Å². The van der Waals surface area contributed by atoms with Crippen LogP contribution < -0.4 is 10.5 Å². The molecule has 0 aliphatic heterocycles. The van der Waals surface area contributed by atoms with Gasteiger partial charge in [0, 0.05) is 11.6 Å². The van der Waals surface area contributed by atoms with E-state index in [1.54, 1.807) is 6.07 Å². The monoisotopic (exact) mass is 290 g/mol. The van der Waals surface area contributed by atoms with Crippen molar-refractivity contribution >= 4 is 0 Å². The zero-order chi connectivity index (χ0) is 15.6. The maximum Gasteiger partial charge on any atom is 0.573 e. The van der Waals surface area contributed by atoms with Crippen LogP contribution in [0.25, 0.3) is 0 Å². The number of likely N-dealkylation sites (N-methyl/N-ethyl adjacent to an activating group) is 1. The average Bonchev–Trinajstić information content (AvgIpc) is 2.34. The first-order valence-corrected chi connectivity index (χ1v) is 6.39. The Balaban J connectivity index is 3.05. The number of halogens is 3. The second-order valence-electron chi connectivity index (χ2n) is 5.20. The summed E-state index contributed by atoms with van der Waals surface area (Å²) >= 11 is 0. The molecule has 0 spiro atoms. The van der Waals surface area contributed by atoms with Gasteiger partial charge in [-0.15, -0.1) is 13.2 Å². The predicted octanol–water partition coefficient (Wildman–Crippen LogP) is 3.32. The number of hydrogen-bond acceptors (Lipinski definition) is 3. The van der Waals surface area contributed by atoms with E-state index in [2.05, 4.69) is 4.74 Å². The van der Waals surface area contributed by atoms with Crippen LogP contribution in [0.5, 0.6) is 5.75 Å². The summed E-state index contributed by atoms with van der Waals surface area (Å²) in [6, 6.07) is 5.42. The highest BCUT2D eigenvalue weighted by atomic mass is 19.4. The van der Waals surface area contributed by atoms with E-state index in [1.807, 2.05) is 32.8 Å². The Morgan fingerprint density at radius 3 is 2.35 bits per heavy atom. The molecule has 0 saturated heterocycles. The molecule has 20 heavy (non-hydrogen) atoms. The van der Waals surface area contributed by atoms with E-state index >= 15 is 0 Å². The van der Waals surface area contributed by atoms with Gasteiger partial charge in [0.25, 0.3) is 0 Å². The highest BCUT2D eigenvalue weighted by Gasteiger charge is 2.34. The molecule has 2 N–H and O–H groups in total. The summed E-state index contributed by atoms with van der Waals surface area (Å²) in [6.07, 6.45) is -3.93. The summed E-state index contributed by atoms with van der Waals surface area (Å²) in [5.74, 6) is -0.248. The Kier molecular flexibility index (Phi) is 5.05. The lowest BCUT2D eigenvalue weighted by atomic mass is 9.84. The summed E-state index contributed by atoms with van der Waals surface area (Å²) in [5, 5.41) is 0. The number of hydrogen-bond donors (Lipinski definition) is 1. The second-order valence-corrected chi connectivity index (χ2v) is 5.20. The molecule has 0 fully saturated rings. The molecule has 0 bridgehead atoms. The minimum atomic E-state index is -4.70. The number of ether oxygens (including phenoxy) is 1. The highest BCUT2D eigenvalue weighted by Crippen LogP contribution is 2.33. The Hall–Kier alpha value is -1.27. The van der Waals surface area contributed by atoms with E-state index in [-0.39, 0.29) is 11.3 Å². The van der Waals surface area contributed by atoms with Gasteiger partial charge in [0.05, 0.1) is 0 Å². The van der Waals surface area contributed by atoms with E-state index in [0.717, 1.165) is 6.42 Å². The topological polar surface area (TPSA) is 38.5 Å². The molecule has 0 amide bonds. The summed E-state index contributed by atoms with van der Waals surface area (Å²) in [6.45, 7) is 3.98. The van der Waals surface area contributed by atoms with E-state index in [4.69, 9.17) is 5.73 Å². The molecule has 0 aliphatic rings. The van der Waals surface area contributed by atoms with Gasteiger partial charge < -0.3 is 15.4 Å². The number of alkyl halides is 3. The van der Waals surface area contributed by atoms with Crippen molar-refractivity contribution < 1.29 is 17.9 Å². The maximum atomic E-state index is 12.2. The molecule has 114 valence electrons. The zero-order valence-electron chi connectivity index (χ0n) is 12.2. The van der Waals surface area contributed by atoms with E-state index < -0.39 is 12.4 Å². The van der Waals surface area contributed by atoms with Crippen LogP contribution in [0, 0.1) is 0 Å². The summed E-state index contributed by atoms with van der Waals surface area (Å²) in [4.78, 5) is 1.98. The van der Waals surface area contributed by atoms with E-state index in [0.29, 0.717) is 5.56 Å². The summed E-state index contributed by atoms with van der Waals surface area (Å²) in [5.41, 5.74) is 6.50. The van der Waals surface area contributed by atoms with Crippen molar-refractivity contribution in [2.45, 2.75) is 38.2 Å². The van der Waals surface area contributed by atoms with Gasteiger partial charge in [-0.2, -0.15) is 0 Å². The number of benzene rings is 1. The molecule has 0 aliphatic carbocycles. The van der Waals surface area contributed by atoms with Crippen LogP contribution in [-0.4, -0.2) is 30.9 Å². The van der Waals surface area contributed by atoms with Crippen molar-refractivity contribution in [1.82, 2.24) is 4.90 Å². The van der Waals surface area contributed by atoms with Crippen LogP contribution in [0.2, 0.25) is 0 Å². The van der Waals surface area contributed by atoms with Gasteiger partial charge in [-0.05, 0) is 45.1 Å². The smallest absolute Gasteiger partial charge is 0.406 e. The van der Waals surface area contributed by atoms with Gasteiger partial charge in [-0.3, -0.25) is 0 Å². The van der Waals surface area contributed by atoms with Crippen LogP contribution in [-0.2, 0) is 0 Å². The third-order valence-corrected chi connectivity index (χ3v) is 3.86. The molecular formula is C14H21F3N2O. The lowest BCUT2D eigenvalue weighted by Crippen LogP contribution is -2.49. The normalized spacial score (nSPS) is 16.9. The third-order valence-electron chi connectivity index (χ3n) is 3.86. The van der Waals surface area contributed by atoms with E-state index in [1.165, 1.54) is 18.2 Å². The van der Waals surface area contributed by atoms with Crippen LogP contribution in [0.1, 0.15) is 31.9 Å². The minimum Gasteiger partial charge on any atom is -0.406 e. The van der Waals surface area contributed by atoms with Gasteiger partial charge in [0.2, 0.25) is 0 Å². The van der Waals surface area contributed by atoms with Crippen molar-refractivity contribution in [1.29, 1.82) is 0 Å².